The van der Waals surface area contributed by atoms with Gasteiger partial charge in [0.2, 0.25) is 0 Å². The fourth-order valence-electron chi connectivity index (χ4n) is 1.25. The molecule has 1 aromatic carbocycles. The van der Waals surface area contributed by atoms with Crippen LogP contribution < -0.4 is 10.5 Å². The maximum absolute atomic E-state index is 13.3. The second kappa shape index (κ2) is 5.23. The highest BCUT2D eigenvalue weighted by molar-refractivity contribution is 9.10. The molecule has 0 aliphatic rings. The van der Waals surface area contributed by atoms with Gasteiger partial charge in [-0.3, -0.25) is 4.79 Å². The van der Waals surface area contributed by atoms with E-state index in [2.05, 4.69) is 15.9 Å². The van der Waals surface area contributed by atoms with Crippen LogP contribution in [0, 0.1) is 5.82 Å². The van der Waals surface area contributed by atoms with Gasteiger partial charge in [-0.25, -0.2) is 4.39 Å². The summed E-state index contributed by atoms with van der Waals surface area (Å²) in [7, 11) is 1.32. The molecule has 15 heavy (non-hydrogen) atoms. The largest absolute Gasteiger partial charge is 0.493 e. The van der Waals surface area contributed by atoms with Crippen molar-refractivity contribution in [2.75, 3.05) is 13.7 Å². The number of halogens is 2. The molecule has 2 N–H and O–H groups in total. The second-order valence-electron chi connectivity index (χ2n) is 2.90. The second-order valence-corrected chi connectivity index (χ2v) is 3.75. The number of ether oxygens (including phenoxy) is 1. The minimum atomic E-state index is -0.555. The van der Waals surface area contributed by atoms with Crippen LogP contribution in [0.1, 0.15) is 16.8 Å². The predicted octanol–water partition coefficient (Wildman–Crippen LogP) is 2.13. The van der Waals surface area contributed by atoms with E-state index in [0.717, 1.165) is 0 Å². The van der Waals surface area contributed by atoms with Gasteiger partial charge in [0.25, 0.3) is 0 Å². The topological polar surface area (TPSA) is 52.3 Å². The van der Waals surface area contributed by atoms with Crippen molar-refractivity contribution in [3.05, 3.63) is 28.0 Å². The van der Waals surface area contributed by atoms with Gasteiger partial charge in [-0.2, -0.15) is 0 Å². The fourth-order valence-corrected chi connectivity index (χ4v) is 1.78. The van der Waals surface area contributed by atoms with Crippen molar-refractivity contribution >= 4 is 21.7 Å². The van der Waals surface area contributed by atoms with E-state index in [-0.39, 0.29) is 30.1 Å². The Kier molecular flexibility index (Phi) is 4.23. The summed E-state index contributed by atoms with van der Waals surface area (Å²) >= 11 is 3.18. The molecular formula is C10H11BrFNO2. The molecule has 0 saturated carbocycles. The maximum atomic E-state index is 13.3. The lowest BCUT2D eigenvalue weighted by molar-refractivity contribution is 0.0981. The third-order valence-electron chi connectivity index (χ3n) is 1.91. The summed E-state index contributed by atoms with van der Waals surface area (Å²) in [5.41, 5.74) is 5.49. The van der Waals surface area contributed by atoms with Crippen LogP contribution in [0.25, 0.3) is 0 Å². The highest BCUT2D eigenvalue weighted by Gasteiger charge is 2.18. The molecule has 0 fully saturated rings. The standard InChI is InChI=1S/C10H11BrFNO2/c1-15-10-7(12)3-2-6(11)9(10)8(14)4-5-13/h2-3H,4-5,13H2,1H3. The van der Waals surface area contributed by atoms with E-state index in [1.54, 1.807) is 0 Å². The normalized spacial score (nSPS) is 10.1. The first-order chi connectivity index (χ1) is 7.11. The van der Waals surface area contributed by atoms with Gasteiger partial charge in [0, 0.05) is 10.9 Å². The molecule has 0 atom stereocenters. The molecule has 0 radical (unpaired) electrons. The zero-order valence-corrected chi connectivity index (χ0v) is 9.80. The van der Waals surface area contributed by atoms with Crippen LogP contribution >= 0.6 is 15.9 Å². The van der Waals surface area contributed by atoms with Gasteiger partial charge in [-0.1, -0.05) is 0 Å². The summed E-state index contributed by atoms with van der Waals surface area (Å²) in [5.74, 6) is -0.829. The van der Waals surface area contributed by atoms with Crippen molar-refractivity contribution in [1.82, 2.24) is 0 Å². The van der Waals surface area contributed by atoms with Crippen LogP contribution in [0.15, 0.2) is 16.6 Å². The Morgan fingerprint density at radius 3 is 2.80 bits per heavy atom. The van der Waals surface area contributed by atoms with Crippen LogP contribution in [-0.4, -0.2) is 19.4 Å². The maximum Gasteiger partial charge on any atom is 0.169 e. The number of methoxy groups -OCH3 is 1. The van der Waals surface area contributed by atoms with Crippen molar-refractivity contribution in [2.45, 2.75) is 6.42 Å². The first-order valence-corrected chi connectivity index (χ1v) is 5.16. The first-order valence-electron chi connectivity index (χ1n) is 4.37. The molecule has 1 aromatic rings. The molecule has 0 aromatic heterocycles. The van der Waals surface area contributed by atoms with Crippen LogP contribution in [0.5, 0.6) is 5.75 Å². The van der Waals surface area contributed by atoms with Crippen LogP contribution in [0.2, 0.25) is 0 Å². The van der Waals surface area contributed by atoms with Crippen LogP contribution in [0.4, 0.5) is 4.39 Å². The van der Waals surface area contributed by atoms with E-state index in [1.165, 1.54) is 19.2 Å². The van der Waals surface area contributed by atoms with Crippen molar-refractivity contribution in [1.29, 1.82) is 0 Å². The summed E-state index contributed by atoms with van der Waals surface area (Å²) < 4.78 is 18.7. The number of hydrogen-bond donors (Lipinski definition) is 1. The number of ketones is 1. The quantitative estimate of drug-likeness (QED) is 0.857. The zero-order valence-electron chi connectivity index (χ0n) is 8.22. The third-order valence-corrected chi connectivity index (χ3v) is 2.57. The number of carbonyl (C=O) groups excluding carboxylic acids is 1. The van der Waals surface area contributed by atoms with Gasteiger partial charge < -0.3 is 10.5 Å². The van der Waals surface area contributed by atoms with E-state index in [9.17, 15) is 9.18 Å². The Morgan fingerprint density at radius 2 is 2.27 bits per heavy atom. The lowest BCUT2D eigenvalue weighted by atomic mass is 10.1. The molecule has 0 amide bonds. The zero-order chi connectivity index (χ0) is 11.4. The van der Waals surface area contributed by atoms with Crippen molar-refractivity contribution in [3.8, 4) is 5.75 Å². The van der Waals surface area contributed by atoms with Crippen LogP contribution in [-0.2, 0) is 0 Å². The van der Waals surface area contributed by atoms with E-state index in [4.69, 9.17) is 10.5 Å². The van der Waals surface area contributed by atoms with E-state index >= 15 is 0 Å². The molecule has 0 unspecified atom stereocenters. The molecule has 3 nitrogen and oxygen atoms in total. The first kappa shape index (κ1) is 12.1. The van der Waals surface area contributed by atoms with Gasteiger partial charge in [0.15, 0.2) is 17.3 Å². The molecule has 0 aliphatic carbocycles. The molecule has 5 heteroatoms. The summed E-state index contributed by atoms with van der Waals surface area (Å²) in [4.78, 5) is 11.6. The lowest BCUT2D eigenvalue weighted by Gasteiger charge is -2.09. The van der Waals surface area contributed by atoms with E-state index in [0.29, 0.717) is 4.47 Å². The molecule has 0 heterocycles. The SMILES string of the molecule is COc1c(F)ccc(Br)c1C(=O)CCN. The number of rotatable bonds is 4. The number of hydrogen-bond acceptors (Lipinski definition) is 3. The summed E-state index contributed by atoms with van der Waals surface area (Å²) in [5, 5.41) is 0. The van der Waals surface area contributed by atoms with Crippen molar-refractivity contribution in [2.24, 2.45) is 5.73 Å². The van der Waals surface area contributed by atoms with Gasteiger partial charge in [-0.05, 0) is 34.6 Å². The van der Waals surface area contributed by atoms with Gasteiger partial charge >= 0.3 is 0 Å². The molecule has 0 aliphatic heterocycles. The highest BCUT2D eigenvalue weighted by atomic mass is 79.9. The average molecular weight is 276 g/mol. The lowest BCUT2D eigenvalue weighted by Crippen LogP contribution is -2.10. The minimum absolute atomic E-state index is 0.0391. The molecular weight excluding hydrogens is 265 g/mol. The third kappa shape index (κ3) is 2.54. The number of Topliss-reactive ketones (excluding diaryl/α,β-unsaturated/α-hetero) is 1. The molecule has 0 spiro atoms. The van der Waals surface area contributed by atoms with Gasteiger partial charge in [0.1, 0.15) is 0 Å². The summed E-state index contributed by atoms with van der Waals surface area (Å²) in [6.45, 7) is 0.227. The Balaban J connectivity index is 3.24. The summed E-state index contributed by atoms with van der Waals surface area (Å²) in [6.07, 6.45) is 0.165. The highest BCUT2D eigenvalue weighted by Crippen LogP contribution is 2.30. The molecule has 0 saturated heterocycles. The Hall–Kier alpha value is -0.940. The van der Waals surface area contributed by atoms with Gasteiger partial charge in [0.05, 0.1) is 12.7 Å². The fraction of sp³-hybridized carbons (Fsp3) is 0.300. The number of nitrogens with two attached hydrogens (primary N) is 1. The van der Waals surface area contributed by atoms with E-state index < -0.39 is 5.82 Å². The van der Waals surface area contributed by atoms with E-state index in [1.807, 2.05) is 0 Å². The Labute approximate surface area is 95.5 Å². The van der Waals surface area contributed by atoms with Crippen molar-refractivity contribution in [3.63, 3.8) is 0 Å². The van der Waals surface area contributed by atoms with Crippen LogP contribution in [0.3, 0.4) is 0 Å². The van der Waals surface area contributed by atoms with Crippen molar-refractivity contribution < 1.29 is 13.9 Å². The number of carbonyl (C=O) groups is 1. The molecule has 0 bridgehead atoms. The smallest absolute Gasteiger partial charge is 0.169 e. The molecule has 1 rings (SSSR count). The monoisotopic (exact) mass is 275 g/mol. The predicted molar refractivity (Wildman–Crippen MR) is 58.7 cm³/mol. The Morgan fingerprint density at radius 1 is 1.60 bits per heavy atom. The van der Waals surface area contributed by atoms with Gasteiger partial charge in [-0.15, -0.1) is 0 Å². The minimum Gasteiger partial charge on any atom is -0.493 e. The average Bonchev–Trinajstić information content (AvgIpc) is 2.21. The summed E-state index contributed by atoms with van der Waals surface area (Å²) in [6, 6.07) is 2.71. The number of benzene rings is 1. The Bertz CT molecular complexity index is 382. The molecule has 82 valence electrons.